The number of carbonyl (C=O) groups is 3. The molecule has 3 unspecified atom stereocenters. The second-order valence-electron chi connectivity index (χ2n) is 8.39. The summed E-state index contributed by atoms with van der Waals surface area (Å²) in [6.07, 6.45) is 0.104. The third kappa shape index (κ3) is 5.83. The van der Waals surface area contributed by atoms with E-state index in [0.717, 1.165) is 15.8 Å². The van der Waals surface area contributed by atoms with Crippen molar-refractivity contribution in [2.24, 2.45) is 0 Å². The van der Waals surface area contributed by atoms with Crippen LogP contribution in [0.5, 0.6) is 0 Å². The van der Waals surface area contributed by atoms with Gasteiger partial charge in [0.05, 0.1) is 16.6 Å². The minimum absolute atomic E-state index is 0.104. The van der Waals surface area contributed by atoms with Crippen molar-refractivity contribution in [2.45, 2.75) is 35.3 Å². The fourth-order valence-electron chi connectivity index (χ4n) is 4.01. The normalized spacial score (nSPS) is 18.4. The van der Waals surface area contributed by atoms with Crippen LogP contribution in [0.2, 0.25) is 0 Å². The lowest BCUT2D eigenvalue weighted by molar-refractivity contribution is -0.167. The molecular formula is C25H22Cl3N3O4S. The summed E-state index contributed by atoms with van der Waals surface area (Å²) in [6, 6.07) is 13.9. The number of nitrogens with one attached hydrogen (secondary N) is 1. The maximum atomic E-state index is 13.4. The quantitative estimate of drug-likeness (QED) is 0.184. The van der Waals surface area contributed by atoms with Crippen molar-refractivity contribution < 1.29 is 19.1 Å². The van der Waals surface area contributed by atoms with Gasteiger partial charge in [-0.3, -0.25) is 9.59 Å². The highest BCUT2D eigenvalue weighted by Gasteiger charge is 2.55. The summed E-state index contributed by atoms with van der Waals surface area (Å²) in [5, 5.41) is 3.39. The molecule has 0 aliphatic carbocycles. The molecule has 0 saturated carbocycles. The molecule has 188 valence electrons. The number of carbonyl (C=O) groups excluding carboxylic acids is 3. The number of halogens is 3. The van der Waals surface area contributed by atoms with Crippen LogP contribution in [-0.2, 0) is 25.5 Å². The van der Waals surface area contributed by atoms with E-state index in [4.69, 9.17) is 39.5 Å². The van der Waals surface area contributed by atoms with Crippen molar-refractivity contribution in [3.05, 3.63) is 77.3 Å². The smallest absolute Gasteiger partial charge is 0.333 e. The van der Waals surface area contributed by atoms with Crippen LogP contribution in [0, 0.1) is 0 Å². The largest absolute Gasteiger partial charge is 0.459 e. The van der Waals surface area contributed by atoms with Crippen LogP contribution in [-0.4, -0.2) is 50.2 Å². The number of β-lactam (4-membered cyclic amide) rings is 1. The molecule has 7 nitrogen and oxygen atoms in total. The molecule has 0 bridgehead atoms. The van der Waals surface area contributed by atoms with E-state index in [1.165, 1.54) is 16.2 Å². The van der Waals surface area contributed by atoms with E-state index in [2.05, 4.69) is 16.9 Å². The molecule has 1 N–H and O–H groups in total. The highest BCUT2D eigenvalue weighted by Crippen LogP contribution is 2.42. The standard InChI is InChI=1S/C25H22Cl3N3O4S/c1-14(2)20(24(34)35-13-25(26,27)28)31-21(22-29-16-10-6-7-11-17(16)36-22)19(23(31)33)30-18(32)12-15-8-4-3-5-9-15/h3-11,19-21H,1,12-13H2,2H3,(H,30,32). The Labute approximate surface area is 227 Å². The molecule has 0 radical (unpaired) electrons. The summed E-state index contributed by atoms with van der Waals surface area (Å²) in [4.78, 5) is 45.2. The Morgan fingerprint density at radius 1 is 1.17 bits per heavy atom. The highest BCUT2D eigenvalue weighted by atomic mass is 35.6. The molecule has 1 aliphatic rings. The topological polar surface area (TPSA) is 88.6 Å². The molecular weight excluding hydrogens is 545 g/mol. The molecule has 1 aliphatic heterocycles. The molecule has 2 heterocycles. The predicted molar refractivity (Wildman–Crippen MR) is 141 cm³/mol. The Kier molecular flexibility index (Phi) is 7.90. The highest BCUT2D eigenvalue weighted by molar-refractivity contribution is 7.18. The van der Waals surface area contributed by atoms with Gasteiger partial charge in [-0.1, -0.05) is 83.8 Å². The zero-order valence-corrected chi connectivity index (χ0v) is 22.2. The summed E-state index contributed by atoms with van der Waals surface area (Å²) in [6.45, 7) is 4.98. The second kappa shape index (κ2) is 10.8. The average molecular weight is 567 g/mol. The van der Waals surface area contributed by atoms with Crippen molar-refractivity contribution >= 4 is 74.1 Å². The molecule has 11 heteroatoms. The molecule has 3 aromatic rings. The number of rotatable bonds is 8. The number of ether oxygens (including phenoxy) is 1. The number of aromatic nitrogens is 1. The lowest BCUT2D eigenvalue weighted by atomic mass is 9.90. The van der Waals surface area contributed by atoms with Crippen LogP contribution in [0.4, 0.5) is 0 Å². The van der Waals surface area contributed by atoms with Crippen LogP contribution < -0.4 is 5.32 Å². The Hall–Kier alpha value is -2.65. The average Bonchev–Trinajstić information content (AvgIpc) is 3.24. The first-order chi connectivity index (χ1) is 17.0. The number of thiazole rings is 1. The minimum atomic E-state index is -1.81. The lowest BCUT2D eigenvalue weighted by Crippen LogP contribution is -2.69. The molecule has 2 amide bonds. The van der Waals surface area contributed by atoms with Crippen LogP contribution in [0.15, 0.2) is 66.7 Å². The van der Waals surface area contributed by atoms with E-state index in [0.29, 0.717) is 10.6 Å². The van der Waals surface area contributed by atoms with E-state index in [-0.39, 0.29) is 12.3 Å². The maximum absolute atomic E-state index is 13.4. The van der Waals surface area contributed by atoms with E-state index in [1.807, 2.05) is 54.6 Å². The molecule has 4 rings (SSSR count). The number of likely N-dealkylation sites (tertiary alicyclic amines) is 1. The maximum Gasteiger partial charge on any atom is 0.333 e. The minimum Gasteiger partial charge on any atom is -0.459 e. The number of nitrogens with zero attached hydrogens (tertiary/aromatic N) is 2. The van der Waals surface area contributed by atoms with E-state index in [1.54, 1.807) is 6.92 Å². The number of alkyl halides is 3. The summed E-state index contributed by atoms with van der Waals surface area (Å²) < 4.78 is 4.28. The van der Waals surface area contributed by atoms with Crippen LogP contribution >= 0.6 is 46.1 Å². The number of para-hydroxylation sites is 1. The van der Waals surface area contributed by atoms with Gasteiger partial charge in [-0.2, -0.15) is 0 Å². The zero-order chi connectivity index (χ0) is 26.0. The number of fused-ring (bicyclic) bond motifs is 1. The number of esters is 1. The van der Waals surface area contributed by atoms with Gasteiger partial charge >= 0.3 is 5.97 Å². The summed E-state index contributed by atoms with van der Waals surface area (Å²) in [5.41, 5.74) is 1.92. The molecule has 2 aromatic carbocycles. The van der Waals surface area contributed by atoms with Gasteiger partial charge in [-0.15, -0.1) is 11.3 Å². The van der Waals surface area contributed by atoms with Crippen LogP contribution in [0.1, 0.15) is 23.5 Å². The van der Waals surface area contributed by atoms with Gasteiger partial charge in [-0.05, 0) is 30.2 Å². The van der Waals surface area contributed by atoms with Gasteiger partial charge in [0.25, 0.3) is 0 Å². The van der Waals surface area contributed by atoms with Gasteiger partial charge < -0.3 is 15.0 Å². The number of benzene rings is 2. The molecule has 1 saturated heterocycles. The van der Waals surface area contributed by atoms with Crippen molar-refractivity contribution in [3.63, 3.8) is 0 Å². The van der Waals surface area contributed by atoms with Gasteiger partial charge in [0.2, 0.25) is 15.6 Å². The Morgan fingerprint density at radius 3 is 2.47 bits per heavy atom. The molecule has 1 aromatic heterocycles. The van der Waals surface area contributed by atoms with Gasteiger partial charge in [0.15, 0.2) is 6.04 Å². The predicted octanol–water partition coefficient (Wildman–Crippen LogP) is 4.77. The Bertz CT molecular complexity index is 1280. The van der Waals surface area contributed by atoms with Gasteiger partial charge in [-0.25, -0.2) is 9.78 Å². The molecule has 0 spiro atoms. The SMILES string of the molecule is C=C(C)C(C(=O)OCC(Cl)(Cl)Cl)N1C(=O)C(NC(=O)Cc2ccccc2)C1c1nc2ccccc2s1. The van der Waals surface area contributed by atoms with Crippen molar-refractivity contribution in [1.82, 2.24) is 15.2 Å². The van der Waals surface area contributed by atoms with Crippen molar-refractivity contribution in [2.75, 3.05) is 6.61 Å². The zero-order valence-electron chi connectivity index (χ0n) is 19.1. The van der Waals surface area contributed by atoms with Crippen LogP contribution in [0.25, 0.3) is 10.2 Å². The molecule has 1 fully saturated rings. The fourth-order valence-corrected chi connectivity index (χ4v) is 5.28. The third-order valence-electron chi connectivity index (χ3n) is 5.57. The Morgan fingerprint density at radius 2 is 1.83 bits per heavy atom. The van der Waals surface area contributed by atoms with Gasteiger partial charge in [0, 0.05) is 0 Å². The first-order valence-electron chi connectivity index (χ1n) is 10.9. The summed E-state index contributed by atoms with van der Waals surface area (Å²) in [7, 11) is 0. The van der Waals surface area contributed by atoms with E-state index < -0.39 is 40.4 Å². The van der Waals surface area contributed by atoms with Gasteiger partial charge in [0.1, 0.15) is 23.7 Å². The van der Waals surface area contributed by atoms with Crippen molar-refractivity contribution in [1.29, 1.82) is 0 Å². The first-order valence-corrected chi connectivity index (χ1v) is 12.9. The molecule has 3 atom stereocenters. The van der Waals surface area contributed by atoms with E-state index >= 15 is 0 Å². The number of amides is 2. The number of hydrogen-bond acceptors (Lipinski definition) is 6. The number of hydrogen-bond donors (Lipinski definition) is 1. The second-order valence-corrected chi connectivity index (χ2v) is 12.0. The first kappa shape index (κ1) is 26.4. The third-order valence-corrected chi connectivity index (χ3v) is 7.00. The van der Waals surface area contributed by atoms with Crippen molar-refractivity contribution in [3.8, 4) is 0 Å². The molecule has 36 heavy (non-hydrogen) atoms. The Balaban J connectivity index is 1.63. The fraction of sp³-hybridized carbons (Fsp3) is 0.280. The van der Waals surface area contributed by atoms with E-state index in [9.17, 15) is 14.4 Å². The monoisotopic (exact) mass is 565 g/mol. The summed E-state index contributed by atoms with van der Waals surface area (Å²) >= 11 is 18.6. The van der Waals surface area contributed by atoms with Crippen LogP contribution in [0.3, 0.4) is 0 Å². The lowest BCUT2D eigenvalue weighted by Gasteiger charge is -2.49. The summed E-state index contributed by atoms with van der Waals surface area (Å²) in [5.74, 6) is -1.57.